The number of isocyanates is 1. The van der Waals surface area contributed by atoms with Crippen molar-refractivity contribution in [2.24, 2.45) is 9.98 Å². The molecule has 0 saturated carbocycles. The van der Waals surface area contributed by atoms with E-state index in [1.165, 1.54) is 0 Å². The summed E-state index contributed by atoms with van der Waals surface area (Å²) in [6.45, 7) is 0.489. The van der Waals surface area contributed by atoms with Crippen LogP contribution in [0.4, 0.5) is 5.69 Å². The third-order valence-electron chi connectivity index (χ3n) is 3.18. The van der Waals surface area contributed by atoms with E-state index in [0.717, 1.165) is 22.5 Å². The molecular formula is C16H13N3O. The Morgan fingerprint density at radius 1 is 1.10 bits per heavy atom. The molecule has 1 unspecified atom stereocenters. The number of nitrogens with zero attached hydrogens (tertiary/aromatic N) is 2. The number of carbonyl (C=O) groups excluding carboxylic acids is 1. The molecule has 0 saturated heterocycles. The fourth-order valence-corrected chi connectivity index (χ4v) is 2.27. The molecule has 0 aliphatic carbocycles. The molecule has 1 aliphatic heterocycles. The fraction of sp³-hybridized carbons (Fsp3) is 0.125. The lowest BCUT2D eigenvalue weighted by Gasteiger charge is -2.09. The van der Waals surface area contributed by atoms with E-state index in [9.17, 15) is 4.79 Å². The number of rotatable bonds is 2. The highest BCUT2D eigenvalue weighted by Crippen LogP contribution is 2.23. The van der Waals surface area contributed by atoms with Gasteiger partial charge in [-0.05, 0) is 6.07 Å². The molecule has 0 amide bonds. The molecule has 1 N–H and O–H groups in total. The summed E-state index contributed by atoms with van der Waals surface area (Å²) in [6, 6.07) is 17.9. The molecule has 0 radical (unpaired) electrons. The second-order valence-corrected chi connectivity index (χ2v) is 4.47. The van der Waals surface area contributed by atoms with Gasteiger partial charge < -0.3 is 5.32 Å². The molecule has 0 bridgehead atoms. The molecule has 1 aliphatic rings. The minimum atomic E-state index is -0.449. The zero-order valence-corrected chi connectivity index (χ0v) is 10.8. The third kappa shape index (κ3) is 2.37. The van der Waals surface area contributed by atoms with Gasteiger partial charge in [-0.15, -0.1) is 0 Å². The Labute approximate surface area is 116 Å². The maximum Gasteiger partial charge on any atom is 0.237 e. The van der Waals surface area contributed by atoms with Crippen molar-refractivity contribution >= 4 is 17.5 Å². The normalized spacial score (nSPS) is 17.0. The summed E-state index contributed by atoms with van der Waals surface area (Å²) < 4.78 is 0. The predicted octanol–water partition coefficient (Wildman–Crippen LogP) is 2.61. The Hall–Kier alpha value is -2.71. The first-order valence-electron chi connectivity index (χ1n) is 6.42. The maximum atomic E-state index is 10.5. The number of hydrogen-bond acceptors (Lipinski definition) is 4. The Morgan fingerprint density at radius 2 is 1.85 bits per heavy atom. The SMILES string of the molecule is O=C=NC1CNc2ccccc2C(c2ccccc2)=N1. The van der Waals surface area contributed by atoms with Gasteiger partial charge in [-0.1, -0.05) is 48.5 Å². The number of nitrogens with one attached hydrogen (secondary N) is 1. The molecule has 20 heavy (non-hydrogen) atoms. The van der Waals surface area contributed by atoms with Crippen molar-refractivity contribution in [3.63, 3.8) is 0 Å². The van der Waals surface area contributed by atoms with Crippen LogP contribution >= 0.6 is 0 Å². The quantitative estimate of drug-likeness (QED) is 0.669. The zero-order valence-electron chi connectivity index (χ0n) is 10.8. The molecule has 3 rings (SSSR count). The Morgan fingerprint density at radius 3 is 2.65 bits per heavy atom. The maximum absolute atomic E-state index is 10.5. The Kier molecular flexibility index (Phi) is 3.40. The molecule has 1 heterocycles. The van der Waals surface area contributed by atoms with Crippen LogP contribution in [0.3, 0.4) is 0 Å². The van der Waals surface area contributed by atoms with Gasteiger partial charge in [0, 0.05) is 16.8 Å². The summed E-state index contributed by atoms with van der Waals surface area (Å²) in [6.07, 6.45) is 1.14. The van der Waals surface area contributed by atoms with Crippen molar-refractivity contribution in [3.05, 3.63) is 65.7 Å². The second kappa shape index (κ2) is 5.51. The van der Waals surface area contributed by atoms with Gasteiger partial charge in [0.1, 0.15) is 0 Å². The summed E-state index contributed by atoms with van der Waals surface area (Å²) in [5, 5.41) is 3.27. The molecule has 4 heteroatoms. The lowest BCUT2D eigenvalue weighted by atomic mass is 10.0. The summed E-state index contributed by atoms with van der Waals surface area (Å²) in [4.78, 5) is 18.9. The van der Waals surface area contributed by atoms with E-state index < -0.39 is 6.17 Å². The van der Waals surface area contributed by atoms with Gasteiger partial charge in [-0.2, -0.15) is 4.99 Å². The van der Waals surface area contributed by atoms with Crippen LogP contribution in [0.2, 0.25) is 0 Å². The minimum absolute atomic E-state index is 0.449. The van der Waals surface area contributed by atoms with E-state index in [0.29, 0.717) is 6.54 Å². The number of fused-ring (bicyclic) bond motifs is 1. The first kappa shape index (κ1) is 12.3. The smallest absolute Gasteiger partial charge is 0.237 e. The number of para-hydroxylation sites is 1. The van der Waals surface area contributed by atoms with E-state index >= 15 is 0 Å². The highest BCUT2D eigenvalue weighted by Gasteiger charge is 2.18. The third-order valence-corrected chi connectivity index (χ3v) is 3.18. The van der Waals surface area contributed by atoms with Gasteiger partial charge in [-0.25, -0.2) is 4.79 Å². The van der Waals surface area contributed by atoms with E-state index in [1.54, 1.807) is 6.08 Å². The number of hydrogen-bond donors (Lipinski definition) is 1. The fourth-order valence-electron chi connectivity index (χ4n) is 2.27. The van der Waals surface area contributed by atoms with Crippen LogP contribution in [0.5, 0.6) is 0 Å². The van der Waals surface area contributed by atoms with E-state index in [4.69, 9.17) is 0 Å². The lowest BCUT2D eigenvalue weighted by Crippen LogP contribution is -2.14. The average Bonchev–Trinajstić information content (AvgIpc) is 2.69. The molecule has 1 atom stereocenters. The number of benzene rings is 2. The summed E-state index contributed by atoms with van der Waals surface area (Å²) in [5.41, 5.74) is 3.87. The van der Waals surface area contributed by atoms with Gasteiger partial charge in [0.2, 0.25) is 6.08 Å². The zero-order chi connectivity index (χ0) is 13.8. The van der Waals surface area contributed by atoms with Crippen LogP contribution in [-0.2, 0) is 4.79 Å². The molecule has 98 valence electrons. The number of benzodiazepines with no additional fused rings is 1. The largest absolute Gasteiger partial charge is 0.380 e. The first-order valence-corrected chi connectivity index (χ1v) is 6.42. The molecular weight excluding hydrogens is 250 g/mol. The van der Waals surface area contributed by atoms with Crippen molar-refractivity contribution in [2.45, 2.75) is 6.17 Å². The van der Waals surface area contributed by atoms with Gasteiger partial charge in [0.05, 0.1) is 12.3 Å². The van der Waals surface area contributed by atoms with Gasteiger partial charge in [0.25, 0.3) is 0 Å². The van der Waals surface area contributed by atoms with Crippen molar-refractivity contribution < 1.29 is 4.79 Å². The van der Waals surface area contributed by atoms with E-state index in [-0.39, 0.29) is 0 Å². The summed E-state index contributed by atoms with van der Waals surface area (Å²) in [5.74, 6) is 0. The minimum Gasteiger partial charge on any atom is -0.380 e. The van der Waals surface area contributed by atoms with Crippen LogP contribution in [0, 0.1) is 0 Å². The summed E-state index contributed by atoms with van der Waals surface area (Å²) in [7, 11) is 0. The van der Waals surface area contributed by atoms with E-state index in [1.807, 2.05) is 54.6 Å². The highest BCUT2D eigenvalue weighted by atomic mass is 16.1. The van der Waals surface area contributed by atoms with Crippen LogP contribution in [0.25, 0.3) is 0 Å². The van der Waals surface area contributed by atoms with E-state index in [2.05, 4.69) is 15.3 Å². The molecule has 0 spiro atoms. The van der Waals surface area contributed by atoms with Crippen molar-refractivity contribution in [3.8, 4) is 0 Å². The number of aliphatic imine (C=N–C) groups is 2. The van der Waals surface area contributed by atoms with Crippen LogP contribution in [0.15, 0.2) is 64.6 Å². The molecule has 0 fully saturated rings. The van der Waals surface area contributed by atoms with Crippen molar-refractivity contribution in [1.82, 2.24) is 0 Å². The molecule has 2 aromatic rings. The average molecular weight is 263 g/mol. The topological polar surface area (TPSA) is 53.8 Å². The predicted molar refractivity (Wildman–Crippen MR) is 78.9 cm³/mol. The van der Waals surface area contributed by atoms with Crippen molar-refractivity contribution in [1.29, 1.82) is 0 Å². The summed E-state index contributed by atoms with van der Waals surface area (Å²) >= 11 is 0. The standard InChI is InChI=1S/C16H13N3O/c20-11-18-15-10-17-14-9-5-4-8-13(14)16(19-15)12-6-2-1-3-7-12/h1-9,15,17H,10H2. The second-order valence-electron chi connectivity index (χ2n) is 4.47. The lowest BCUT2D eigenvalue weighted by molar-refractivity contribution is 0.558. The monoisotopic (exact) mass is 263 g/mol. The Balaban J connectivity index is 2.16. The van der Waals surface area contributed by atoms with Gasteiger partial charge >= 0.3 is 0 Å². The molecule has 4 nitrogen and oxygen atoms in total. The molecule has 0 aromatic heterocycles. The van der Waals surface area contributed by atoms with Gasteiger partial charge in [0.15, 0.2) is 6.17 Å². The van der Waals surface area contributed by atoms with Gasteiger partial charge in [-0.3, -0.25) is 4.99 Å². The van der Waals surface area contributed by atoms with Crippen LogP contribution < -0.4 is 5.32 Å². The van der Waals surface area contributed by atoms with Crippen LogP contribution in [-0.4, -0.2) is 24.5 Å². The Bertz CT molecular complexity index is 688. The number of anilines is 1. The van der Waals surface area contributed by atoms with Crippen molar-refractivity contribution in [2.75, 3.05) is 11.9 Å². The van der Waals surface area contributed by atoms with Crippen LogP contribution in [0.1, 0.15) is 11.1 Å². The first-order chi connectivity index (χ1) is 9.88. The molecule has 2 aromatic carbocycles. The highest BCUT2D eigenvalue weighted by molar-refractivity contribution is 6.16.